The van der Waals surface area contributed by atoms with Gasteiger partial charge in [-0.25, -0.2) is 13.4 Å². The fraction of sp³-hybridized carbons (Fsp3) is 0.360. The average molecular weight is 547 g/mol. The van der Waals surface area contributed by atoms with Crippen LogP contribution in [-0.2, 0) is 21.3 Å². The highest BCUT2D eigenvalue weighted by Gasteiger charge is 2.27. The van der Waals surface area contributed by atoms with Gasteiger partial charge in [-0.2, -0.15) is 4.31 Å². The molecule has 3 heterocycles. The highest BCUT2D eigenvalue weighted by atomic mass is 35.5. The molecule has 0 unspecified atom stereocenters. The molecule has 0 aliphatic carbocycles. The van der Waals surface area contributed by atoms with Crippen LogP contribution in [0.4, 0.5) is 0 Å². The van der Waals surface area contributed by atoms with Crippen molar-refractivity contribution >= 4 is 38.9 Å². The average Bonchev–Trinajstić information content (AvgIpc) is 3.38. The molecule has 36 heavy (non-hydrogen) atoms. The van der Waals surface area contributed by atoms with Gasteiger partial charge >= 0.3 is 0 Å². The first kappa shape index (κ1) is 25.3. The molecule has 2 aliphatic heterocycles. The molecule has 11 heteroatoms. The number of aromatic nitrogens is 1. The van der Waals surface area contributed by atoms with Crippen molar-refractivity contribution in [3.63, 3.8) is 0 Å². The van der Waals surface area contributed by atoms with E-state index in [1.54, 1.807) is 23.5 Å². The van der Waals surface area contributed by atoms with Crippen LogP contribution in [0.5, 0.6) is 0 Å². The van der Waals surface area contributed by atoms with Crippen LogP contribution >= 0.6 is 22.9 Å². The minimum atomic E-state index is -3.57. The van der Waals surface area contributed by atoms with Gasteiger partial charge in [0.05, 0.1) is 23.8 Å². The summed E-state index contributed by atoms with van der Waals surface area (Å²) in [7, 11) is -3.57. The van der Waals surface area contributed by atoms with Crippen molar-refractivity contribution < 1.29 is 17.9 Å². The Morgan fingerprint density at radius 2 is 1.61 bits per heavy atom. The van der Waals surface area contributed by atoms with Crippen LogP contribution in [-0.4, -0.2) is 85.9 Å². The van der Waals surface area contributed by atoms with Gasteiger partial charge < -0.3 is 9.64 Å². The number of carbonyl (C=O) groups is 1. The van der Waals surface area contributed by atoms with Gasteiger partial charge in [0.2, 0.25) is 10.0 Å². The molecule has 2 saturated heterocycles. The first-order valence-corrected chi connectivity index (χ1v) is 14.5. The lowest BCUT2D eigenvalue weighted by atomic mass is 10.2. The number of amides is 1. The van der Waals surface area contributed by atoms with E-state index in [1.165, 1.54) is 16.4 Å². The summed E-state index contributed by atoms with van der Waals surface area (Å²) in [6.07, 6.45) is 0. The predicted octanol–water partition coefficient (Wildman–Crippen LogP) is 3.44. The maximum atomic E-state index is 13.0. The third-order valence-electron chi connectivity index (χ3n) is 6.40. The van der Waals surface area contributed by atoms with E-state index in [9.17, 15) is 13.2 Å². The third kappa shape index (κ3) is 5.64. The summed E-state index contributed by atoms with van der Waals surface area (Å²) in [5, 5.41) is 3.75. The molecular formula is C25H27ClN4O4S2. The Hall–Kier alpha value is -2.34. The Bertz CT molecular complexity index is 1300. The van der Waals surface area contributed by atoms with E-state index in [0.29, 0.717) is 50.0 Å². The quantitative estimate of drug-likeness (QED) is 0.471. The summed E-state index contributed by atoms with van der Waals surface area (Å²) >= 11 is 7.59. The summed E-state index contributed by atoms with van der Waals surface area (Å²) in [5.74, 6) is -0.0800. The van der Waals surface area contributed by atoms with Crippen molar-refractivity contribution in [3.8, 4) is 10.6 Å². The largest absolute Gasteiger partial charge is 0.379 e. The van der Waals surface area contributed by atoms with E-state index in [4.69, 9.17) is 21.3 Å². The van der Waals surface area contributed by atoms with Gasteiger partial charge in [-0.1, -0.05) is 23.7 Å². The van der Waals surface area contributed by atoms with Crippen molar-refractivity contribution in [3.05, 3.63) is 70.2 Å². The van der Waals surface area contributed by atoms with Gasteiger partial charge in [-0.05, 0) is 36.4 Å². The Labute approximate surface area is 220 Å². The lowest BCUT2D eigenvalue weighted by Gasteiger charge is -2.34. The number of thiazole rings is 1. The number of nitrogens with zero attached hydrogens (tertiary/aromatic N) is 4. The van der Waals surface area contributed by atoms with Gasteiger partial charge in [0.1, 0.15) is 5.01 Å². The number of rotatable bonds is 6. The molecule has 0 bridgehead atoms. The molecule has 8 nitrogen and oxygen atoms in total. The number of hydrogen-bond donors (Lipinski definition) is 0. The zero-order valence-corrected chi connectivity index (χ0v) is 22.1. The first-order valence-electron chi connectivity index (χ1n) is 11.8. The second kappa shape index (κ2) is 11.0. The summed E-state index contributed by atoms with van der Waals surface area (Å²) in [4.78, 5) is 22.1. The van der Waals surface area contributed by atoms with E-state index in [1.807, 2.05) is 29.2 Å². The molecule has 0 radical (unpaired) electrons. The highest BCUT2D eigenvalue weighted by molar-refractivity contribution is 7.89. The SMILES string of the molecule is O=C(c1ccc(S(=O)(=O)N2CCOCC2)cc1)N1CCN(Cc2csc(-c3ccc(Cl)cc3)n2)CC1. The molecule has 2 aliphatic rings. The molecule has 0 saturated carbocycles. The van der Waals surface area contributed by atoms with E-state index < -0.39 is 10.0 Å². The van der Waals surface area contributed by atoms with Crippen molar-refractivity contribution in [2.24, 2.45) is 0 Å². The number of benzene rings is 2. The maximum absolute atomic E-state index is 13.0. The number of halogens is 1. The minimum Gasteiger partial charge on any atom is -0.379 e. The number of piperazine rings is 1. The second-order valence-electron chi connectivity index (χ2n) is 8.76. The maximum Gasteiger partial charge on any atom is 0.253 e. The molecule has 3 aromatic rings. The van der Waals surface area contributed by atoms with Gasteiger partial charge in [0.15, 0.2) is 0 Å². The van der Waals surface area contributed by atoms with Gasteiger partial charge in [-0.3, -0.25) is 9.69 Å². The summed E-state index contributed by atoms with van der Waals surface area (Å²) in [6.45, 7) is 4.95. The topological polar surface area (TPSA) is 83.0 Å². The molecule has 2 fully saturated rings. The summed E-state index contributed by atoms with van der Waals surface area (Å²) in [6, 6.07) is 13.9. The van der Waals surface area contributed by atoms with Crippen LogP contribution in [0.2, 0.25) is 5.02 Å². The molecule has 1 amide bonds. The predicted molar refractivity (Wildman–Crippen MR) is 140 cm³/mol. The zero-order valence-electron chi connectivity index (χ0n) is 19.7. The Morgan fingerprint density at radius 3 is 2.28 bits per heavy atom. The third-order valence-corrected chi connectivity index (χ3v) is 9.50. The van der Waals surface area contributed by atoms with Gasteiger partial charge in [-0.15, -0.1) is 11.3 Å². The van der Waals surface area contributed by atoms with Crippen LogP contribution in [0.1, 0.15) is 16.1 Å². The van der Waals surface area contributed by atoms with E-state index in [-0.39, 0.29) is 10.8 Å². The zero-order chi connectivity index (χ0) is 25.1. The molecule has 1 aromatic heterocycles. The lowest BCUT2D eigenvalue weighted by molar-refractivity contribution is 0.0627. The van der Waals surface area contributed by atoms with E-state index in [0.717, 1.165) is 35.9 Å². The first-order chi connectivity index (χ1) is 17.4. The molecule has 0 N–H and O–H groups in total. The Balaban J connectivity index is 1.15. The van der Waals surface area contributed by atoms with Gasteiger partial charge in [0, 0.05) is 67.3 Å². The molecule has 5 rings (SSSR count). The Kier molecular flexibility index (Phi) is 7.71. The van der Waals surface area contributed by atoms with E-state index >= 15 is 0 Å². The molecule has 0 spiro atoms. The Morgan fingerprint density at radius 1 is 0.944 bits per heavy atom. The molecule has 2 aromatic carbocycles. The van der Waals surface area contributed by atoms with Crippen molar-refractivity contribution in [1.82, 2.24) is 19.1 Å². The van der Waals surface area contributed by atoms with Gasteiger partial charge in [0.25, 0.3) is 5.91 Å². The van der Waals surface area contributed by atoms with Crippen LogP contribution in [0.3, 0.4) is 0 Å². The van der Waals surface area contributed by atoms with Crippen LogP contribution in [0.15, 0.2) is 58.8 Å². The number of morpholine rings is 1. The van der Waals surface area contributed by atoms with Crippen molar-refractivity contribution in [1.29, 1.82) is 0 Å². The van der Waals surface area contributed by atoms with Crippen LogP contribution in [0.25, 0.3) is 10.6 Å². The molecule has 0 atom stereocenters. The fourth-order valence-electron chi connectivity index (χ4n) is 4.33. The summed E-state index contributed by atoms with van der Waals surface area (Å²) in [5.41, 5.74) is 2.56. The number of ether oxygens (including phenoxy) is 1. The normalized spacial score (nSPS) is 17.9. The van der Waals surface area contributed by atoms with Crippen LogP contribution < -0.4 is 0 Å². The highest BCUT2D eigenvalue weighted by Crippen LogP contribution is 2.26. The number of sulfonamides is 1. The monoisotopic (exact) mass is 546 g/mol. The number of hydrogen-bond acceptors (Lipinski definition) is 7. The minimum absolute atomic E-state index is 0.0800. The molecule has 190 valence electrons. The van der Waals surface area contributed by atoms with Crippen molar-refractivity contribution in [2.45, 2.75) is 11.4 Å². The van der Waals surface area contributed by atoms with Crippen molar-refractivity contribution in [2.75, 3.05) is 52.5 Å². The second-order valence-corrected chi connectivity index (χ2v) is 12.0. The standard InChI is InChI=1S/C25H27ClN4O4S2/c26-21-5-1-19(2-6-21)24-27-22(18-35-24)17-28-9-11-29(12-10-28)25(31)20-3-7-23(8-4-20)36(32,33)30-13-15-34-16-14-30/h1-8,18H,9-17H2. The number of carbonyl (C=O) groups excluding carboxylic acids is 1. The van der Waals surface area contributed by atoms with E-state index in [2.05, 4.69) is 10.3 Å². The van der Waals surface area contributed by atoms with Crippen LogP contribution in [0, 0.1) is 0 Å². The lowest BCUT2D eigenvalue weighted by Crippen LogP contribution is -2.48. The molecular weight excluding hydrogens is 520 g/mol. The smallest absolute Gasteiger partial charge is 0.253 e. The summed E-state index contributed by atoms with van der Waals surface area (Å²) < 4.78 is 32.3. The fourth-order valence-corrected chi connectivity index (χ4v) is 6.68.